The van der Waals surface area contributed by atoms with E-state index in [9.17, 15) is 18.9 Å². The number of nitrogens with one attached hydrogen (secondary N) is 1. The van der Waals surface area contributed by atoms with E-state index >= 15 is 0 Å². The molecule has 0 aliphatic rings. The summed E-state index contributed by atoms with van der Waals surface area (Å²) in [6.45, 7) is 1.17. The van der Waals surface area contributed by atoms with Crippen molar-refractivity contribution in [1.29, 1.82) is 0 Å². The third-order valence-electron chi connectivity index (χ3n) is 2.70. The lowest BCUT2D eigenvalue weighted by molar-refractivity contribution is -0.387. The Morgan fingerprint density at radius 1 is 1.35 bits per heavy atom. The van der Waals surface area contributed by atoms with Gasteiger partial charge in [0.15, 0.2) is 0 Å². The second-order valence-electron chi connectivity index (χ2n) is 4.10. The van der Waals surface area contributed by atoms with Gasteiger partial charge in [-0.05, 0) is 6.07 Å². The van der Waals surface area contributed by atoms with E-state index in [1.807, 2.05) is 0 Å². The van der Waals surface area contributed by atoms with Crippen LogP contribution in [-0.2, 0) is 13.1 Å². The van der Waals surface area contributed by atoms with Gasteiger partial charge >= 0.3 is 5.69 Å². The zero-order valence-electron chi connectivity index (χ0n) is 10.4. The highest BCUT2D eigenvalue weighted by Crippen LogP contribution is 2.21. The molecule has 0 saturated heterocycles. The van der Waals surface area contributed by atoms with Crippen LogP contribution >= 0.6 is 0 Å². The first-order valence-corrected chi connectivity index (χ1v) is 5.88. The van der Waals surface area contributed by atoms with E-state index in [4.69, 9.17) is 0 Å². The van der Waals surface area contributed by atoms with E-state index < -0.39 is 22.2 Å². The van der Waals surface area contributed by atoms with Crippen molar-refractivity contribution < 1.29 is 13.7 Å². The topological polar surface area (TPSA) is 73.0 Å². The Bertz CT molecular complexity index is 602. The molecular formula is C12H12F2N4O2. The number of hydrogen-bond acceptors (Lipinski definition) is 4. The number of benzene rings is 1. The molecule has 0 saturated carbocycles. The van der Waals surface area contributed by atoms with E-state index in [1.165, 1.54) is 0 Å². The molecule has 0 aliphatic heterocycles. The quantitative estimate of drug-likeness (QED) is 0.498. The number of hydrogen-bond donors (Lipinski definition) is 1. The van der Waals surface area contributed by atoms with Crippen LogP contribution in [0.5, 0.6) is 0 Å². The van der Waals surface area contributed by atoms with Crippen LogP contribution in [0.1, 0.15) is 5.56 Å². The zero-order valence-corrected chi connectivity index (χ0v) is 10.4. The van der Waals surface area contributed by atoms with Crippen molar-refractivity contribution in [2.75, 3.05) is 6.54 Å². The summed E-state index contributed by atoms with van der Waals surface area (Å²) >= 11 is 0. The van der Waals surface area contributed by atoms with Crippen LogP contribution in [0, 0.1) is 21.7 Å². The molecule has 1 aromatic heterocycles. The van der Waals surface area contributed by atoms with Crippen LogP contribution in [0.2, 0.25) is 0 Å². The summed E-state index contributed by atoms with van der Waals surface area (Å²) in [5.74, 6) is -1.98. The average Bonchev–Trinajstić information content (AvgIpc) is 2.89. The van der Waals surface area contributed by atoms with Gasteiger partial charge in [0.2, 0.25) is 5.82 Å². The first kappa shape index (κ1) is 14.1. The molecule has 8 heteroatoms. The molecule has 1 aromatic carbocycles. The monoisotopic (exact) mass is 282 g/mol. The fourth-order valence-electron chi connectivity index (χ4n) is 1.71. The molecule has 0 amide bonds. The minimum atomic E-state index is -1.17. The maximum Gasteiger partial charge on any atom is 0.305 e. The molecular weight excluding hydrogens is 270 g/mol. The van der Waals surface area contributed by atoms with E-state index in [2.05, 4.69) is 10.4 Å². The Labute approximate surface area is 113 Å². The summed E-state index contributed by atoms with van der Waals surface area (Å²) in [5.41, 5.74) is -0.672. The van der Waals surface area contributed by atoms with Crippen LogP contribution in [0.4, 0.5) is 14.5 Å². The molecule has 20 heavy (non-hydrogen) atoms. The molecule has 0 spiro atoms. The highest BCUT2D eigenvalue weighted by molar-refractivity contribution is 5.37. The van der Waals surface area contributed by atoms with E-state index in [-0.39, 0.29) is 12.1 Å². The Morgan fingerprint density at radius 3 is 2.80 bits per heavy atom. The van der Waals surface area contributed by atoms with Gasteiger partial charge in [0.25, 0.3) is 0 Å². The zero-order chi connectivity index (χ0) is 14.5. The normalized spacial score (nSPS) is 10.7. The van der Waals surface area contributed by atoms with Crippen LogP contribution in [-0.4, -0.2) is 21.2 Å². The molecule has 0 fully saturated rings. The van der Waals surface area contributed by atoms with Crippen LogP contribution in [0.15, 0.2) is 30.6 Å². The first-order valence-electron chi connectivity index (χ1n) is 5.88. The standard InChI is InChI=1S/C12H12F2N4O2/c13-10-7-11(14)12(18(19)20)6-9(10)8-15-3-5-17-4-1-2-16-17/h1-2,4,6-7,15H,3,5,8H2. The third kappa shape index (κ3) is 3.35. The molecule has 0 unspecified atom stereocenters. The summed E-state index contributed by atoms with van der Waals surface area (Å²) in [5, 5.41) is 17.5. The first-order chi connectivity index (χ1) is 9.58. The number of halogens is 2. The molecule has 6 nitrogen and oxygen atoms in total. The lowest BCUT2D eigenvalue weighted by atomic mass is 10.2. The third-order valence-corrected chi connectivity index (χ3v) is 2.70. The maximum atomic E-state index is 13.5. The largest absolute Gasteiger partial charge is 0.311 e. The second kappa shape index (κ2) is 6.20. The molecule has 1 N–H and O–H groups in total. The SMILES string of the molecule is O=[N+]([O-])c1cc(CNCCn2cccn2)c(F)cc1F. The molecule has 1 heterocycles. The maximum absolute atomic E-state index is 13.5. The van der Waals surface area contributed by atoms with E-state index in [0.717, 1.165) is 6.07 Å². The minimum Gasteiger partial charge on any atom is -0.311 e. The molecule has 0 radical (unpaired) electrons. The molecule has 2 aromatic rings. The molecule has 0 aliphatic carbocycles. The highest BCUT2D eigenvalue weighted by atomic mass is 19.1. The van der Waals surface area contributed by atoms with Crippen molar-refractivity contribution in [2.45, 2.75) is 13.1 Å². The lowest BCUT2D eigenvalue weighted by Gasteiger charge is -2.06. The van der Waals surface area contributed by atoms with Crippen molar-refractivity contribution in [1.82, 2.24) is 15.1 Å². The number of nitro benzene ring substituents is 1. The fourth-order valence-corrected chi connectivity index (χ4v) is 1.71. The summed E-state index contributed by atoms with van der Waals surface area (Å²) < 4.78 is 28.3. The fraction of sp³-hybridized carbons (Fsp3) is 0.250. The molecule has 106 valence electrons. The number of nitro groups is 1. The van der Waals surface area contributed by atoms with Gasteiger partial charge < -0.3 is 5.32 Å². The predicted molar refractivity (Wildman–Crippen MR) is 66.9 cm³/mol. The Kier molecular flexibility index (Phi) is 4.36. The van der Waals surface area contributed by atoms with Gasteiger partial charge in [0, 0.05) is 43.2 Å². The van der Waals surface area contributed by atoms with Crippen LogP contribution in [0.25, 0.3) is 0 Å². The van der Waals surface area contributed by atoms with Crippen molar-refractivity contribution in [3.05, 3.63) is 57.9 Å². The van der Waals surface area contributed by atoms with Crippen molar-refractivity contribution in [3.63, 3.8) is 0 Å². The highest BCUT2D eigenvalue weighted by Gasteiger charge is 2.18. The lowest BCUT2D eigenvalue weighted by Crippen LogP contribution is -2.20. The van der Waals surface area contributed by atoms with E-state index in [1.54, 1.807) is 23.1 Å². The van der Waals surface area contributed by atoms with Gasteiger partial charge in [-0.15, -0.1) is 0 Å². The number of nitrogens with zero attached hydrogens (tertiary/aromatic N) is 3. The summed E-state index contributed by atoms with van der Waals surface area (Å²) in [7, 11) is 0. The molecule has 0 atom stereocenters. The summed E-state index contributed by atoms with van der Waals surface area (Å²) in [6.07, 6.45) is 3.42. The van der Waals surface area contributed by atoms with Gasteiger partial charge in [0.1, 0.15) is 5.82 Å². The molecule has 0 bridgehead atoms. The Hall–Kier alpha value is -2.35. The molecule has 2 rings (SSSR count). The average molecular weight is 282 g/mol. The van der Waals surface area contributed by atoms with Crippen molar-refractivity contribution in [2.24, 2.45) is 0 Å². The van der Waals surface area contributed by atoms with Gasteiger partial charge in [-0.2, -0.15) is 9.49 Å². The Morgan fingerprint density at radius 2 is 2.15 bits per heavy atom. The van der Waals surface area contributed by atoms with Crippen LogP contribution < -0.4 is 5.32 Å². The van der Waals surface area contributed by atoms with Crippen molar-refractivity contribution >= 4 is 5.69 Å². The summed E-state index contributed by atoms with van der Waals surface area (Å²) in [6, 6.07) is 3.22. The van der Waals surface area contributed by atoms with E-state index in [0.29, 0.717) is 19.2 Å². The smallest absolute Gasteiger partial charge is 0.305 e. The van der Waals surface area contributed by atoms with Crippen molar-refractivity contribution in [3.8, 4) is 0 Å². The minimum absolute atomic E-state index is 0.0542. The number of aromatic nitrogens is 2. The predicted octanol–water partition coefficient (Wildman–Crippen LogP) is 1.86. The van der Waals surface area contributed by atoms with Gasteiger partial charge in [-0.25, -0.2) is 4.39 Å². The van der Waals surface area contributed by atoms with Gasteiger partial charge in [0.05, 0.1) is 11.5 Å². The second-order valence-corrected chi connectivity index (χ2v) is 4.10. The number of rotatable bonds is 6. The van der Waals surface area contributed by atoms with Crippen LogP contribution in [0.3, 0.4) is 0 Å². The van der Waals surface area contributed by atoms with Gasteiger partial charge in [-0.3, -0.25) is 14.8 Å². The van der Waals surface area contributed by atoms with Gasteiger partial charge in [-0.1, -0.05) is 0 Å². The summed E-state index contributed by atoms with van der Waals surface area (Å²) in [4.78, 5) is 9.71. The Balaban J connectivity index is 1.95.